The second-order valence-electron chi connectivity index (χ2n) is 5.69. The van der Waals surface area contributed by atoms with Crippen molar-refractivity contribution in [3.63, 3.8) is 0 Å². The van der Waals surface area contributed by atoms with E-state index in [1.165, 1.54) is 15.6 Å². The number of thiophene rings is 1. The molecular weight excluding hydrogens is 352 g/mol. The Morgan fingerprint density at radius 1 is 1.25 bits per heavy atom. The monoisotopic (exact) mass is 374 g/mol. The summed E-state index contributed by atoms with van der Waals surface area (Å²) in [7, 11) is -3.23. The number of carboxylic acid groups (broad SMARTS) is 1. The lowest BCUT2D eigenvalue weighted by molar-refractivity contribution is -0.138. The molecule has 0 saturated carbocycles. The van der Waals surface area contributed by atoms with Crippen molar-refractivity contribution in [3.05, 3.63) is 22.4 Å². The van der Waals surface area contributed by atoms with Gasteiger partial charge in [0, 0.05) is 43.4 Å². The summed E-state index contributed by atoms with van der Waals surface area (Å²) in [5.41, 5.74) is 0. The molecule has 0 radical (unpaired) electrons. The van der Waals surface area contributed by atoms with Gasteiger partial charge in [-0.1, -0.05) is 6.07 Å². The van der Waals surface area contributed by atoms with Crippen molar-refractivity contribution in [2.75, 3.05) is 31.9 Å². The van der Waals surface area contributed by atoms with Crippen LogP contribution in [0.25, 0.3) is 0 Å². The van der Waals surface area contributed by atoms with E-state index in [1.54, 1.807) is 11.8 Å². The first-order valence-electron chi connectivity index (χ1n) is 7.84. The number of carbonyl (C=O) groups excluding carboxylic acids is 1. The van der Waals surface area contributed by atoms with E-state index >= 15 is 0 Å². The van der Waals surface area contributed by atoms with Crippen LogP contribution in [0.3, 0.4) is 0 Å². The molecule has 9 heteroatoms. The number of piperazine rings is 1. The maximum absolute atomic E-state index is 12.5. The number of carboxylic acids is 1. The molecule has 1 atom stereocenters. The maximum Gasteiger partial charge on any atom is 0.304 e. The van der Waals surface area contributed by atoms with Gasteiger partial charge in [-0.25, -0.2) is 8.42 Å². The topological polar surface area (TPSA) is 95.0 Å². The van der Waals surface area contributed by atoms with E-state index in [1.807, 2.05) is 17.5 Å². The van der Waals surface area contributed by atoms with E-state index in [9.17, 15) is 18.0 Å². The predicted octanol–water partition coefficient (Wildman–Crippen LogP) is 1.19. The van der Waals surface area contributed by atoms with Crippen LogP contribution in [0.4, 0.5) is 0 Å². The summed E-state index contributed by atoms with van der Waals surface area (Å²) < 4.78 is 25.1. The Morgan fingerprint density at radius 2 is 1.92 bits per heavy atom. The average molecular weight is 374 g/mol. The van der Waals surface area contributed by atoms with Crippen LogP contribution < -0.4 is 0 Å². The highest BCUT2D eigenvalue weighted by Gasteiger charge is 2.29. The number of carbonyl (C=O) groups is 2. The summed E-state index contributed by atoms with van der Waals surface area (Å²) in [6.07, 6.45) is 0.0454. The van der Waals surface area contributed by atoms with Gasteiger partial charge in [-0.15, -0.1) is 11.3 Å². The molecule has 7 nitrogen and oxygen atoms in total. The third-order valence-corrected chi connectivity index (χ3v) is 7.05. The van der Waals surface area contributed by atoms with Crippen molar-refractivity contribution >= 4 is 33.2 Å². The van der Waals surface area contributed by atoms with E-state index in [4.69, 9.17) is 5.11 Å². The van der Waals surface area contributed by atoms with Crippen LogP contribution in [0, 0.1) is 0 Å². The highest BCUT2D eigenvalue weighted by molar-refractivity contribution is 7.89. The first-order chi connectivity index (χ1) is 11.3. The van der Waals surface area contributed by atoms with Crippen molar-refractivity contribution in [3.8, 4) is 0 Å². The molecule has 1 amide bonds. The minimum atomic E-state index is -3.23. The molecular formula is C15H22N2O5S2. The smallest absolute Gasteiger partial charge is 0.304 e. The fourth-order valence-corrected chi connectivity index (χ4v) is 4.66. The number of hydrogen-bond donors (Lipinski definition) is 1. The lowest BCUT2D eigenvalue weighted by Crippen LogP contribution is -2.51. The number of hydrogen-bond acceptors (Lipinski definition) is 5. The van der Waals surface area contributed by atoms with Crippen molar-refractivity contribution in [2.45, 2.75) is 25.7 Å². The number of aliphatic carboxylic acids is 1. The van der Waals surface area contributed by atoms with Crippen LogP contribution in [-0.4, -0.2) is 66.5 Å². The lowest BCUT2D eigenvalue weighted by Gasteiger charge is -2.34. The van der Waals surface area contributed by atoms with Gasteiger partial charge in [0.15, 0.2) is 0 Å². The highest BCUT2D eigenvalue weighted by Crippen LogP contribution is 2.28. The van der Waals surface area contributed by atoms with Crippen LogP contribution in [0.15, 0.2) is 17.5 Å². The normalized spacial score (nSPS) is 17.6. The van der Waals surface area contributed by atoms with Crippen molar-refractivity contribution < 1.29 is 23.1 Å². The van der Waals surface area contributed by atoms with E-state index in [0.29, 0.717) is 26.2 Å². The van der Waals surface area contributed by atoms with Crippen molar-refractivity contribution in [1.29, 1.82) is 0 Å². The second kappa shape index (κ2) is 8.09. The molecule has 0 aromatic carbocycles. The Kier molecular flexibility index (Phi) is 6.36. The number of amides is 1. The van der Waals surface area contributed by atoms with Gasteiger partial charge < -0.3 is 10.0 Å². The molecule has 0 aliphatic carbocycles. The van der Waals surface area contributed by atoms with Gasteiger partial charge in [-0.05, 0) is 18.4 Å². The molecule has 2 heterocycles. The third-order valence-electron chi connectivity index (χ3n) is 4.14. The average Bonchev–Trinajstić information content (AvgIpc) is 3.08. The van der Waals surface area contributed by atoms with Gasteiger partial charge in [-0.2, -0.15) is 4.31 Å². The Hall–Kier alpha value is -1.45. The van der Waals surface area contributed by atoms with Crippen LogP contribution in [-0.2, 0) is 19.6 Å². The van der Waals surface area contributed by atoms with E-state index in [2.05, 4.69) is 0 Å². The summed E-state index contributed by atoms with van der Waals surface area (Å²) in [6, 6.07) is 3.69. The fraction of sp³-hybridized carbons (Fsp3) is 0.600. The Morgan fingerprint density at radius 3 is 2.42 bits per heavy atom. The van der Waals surface area contributed by atoms with Gasteiger partial charge in [0.25, 0.3) is 0 Å². The second-order valence-corrected chi connectivity index (χ2v) is 8.93. The van der Waals surface area contributed by atoms with E-state index < -0.39 is 16.0 Å². The van der Waals surface area contributed by atoms with Crippen LogP contribution in [0.2, 0.25) is 0 Å². The van der Waals surface area contributed by atoms with Crippen LogP contribution >= 0.6 is 11.3 Å². The van der Waals surface area contributed by atoms with Crippen molar-refractivity contribution in [1.82, 2.24) is 9.21 Å². The highest BCUT2D eigenvalue weighted by atomic mass is 32.2. The third kappa shape index (κ3) is 4.78. The molecule has 0 spiro atoms. The summed E-state index contributed by atoms with van der Waals surface area (Å²) in [6.45, 7) is 2.89. The minimum absolute atomic E-state index is 0.0556. The largest absolute Gasteiger partial charge is 0.481 e. The maximum atomic E-state index is 12.5. The molecule has 1 aliphatic rings. The summed E-state index contributed by atoms with van der Waals surface area (Å²) >= 11 is 1.45. The SMILES string of the molecule is CCS(=O)(=O)N1CCN(C(=O)CC(CC(=O)O)c2cccs2)CC1. The van der Waals surface area contributed by atoms with Crippen LogP contribution in [0.1, 0.15) is 30.6 Å². The first-order valence-corrected chi connectivity index (χ1v) is 10.3. The molecule has 1 N–H and O–H groups in total. The van der Waals surface area contributed by atoms with E-state index in [-0.39, 0.29) is 30.4 Å². The Labute approximate surface area is 145 Å². The zero-order valence-electron chi connectivity index (χ0n) is 13.6. The zero-order valence-corrected chi connectivity index (χ0v) is 15.2. The molecule has 24 heavy (non-hydrogen) atoms. The molecule has 2 rings (SSSR count). The molecule has 134 valence electrons. The predicted molar refractivity (Wildman–Crippen MR) is 91.5 cm³/mol. The summed E-state index contributed by atoms with van der Waals surface area (Å²) in [5, 5.41) is 10.9. The van der Waals surface area contributed by atoms with Gasteiger partial charge in [0.2, 0.25) is 15.9 Å². The summed E-state index contributed by atoms with van der Waals surface area (Å²) in [4.78, 5) is 26.1. The Bertz CT molecular complexity index is 664. The van der Waals surface area contributed by atoms with Gasteiger partial charge in [-0.3, -0.25) is 9.59 Å². The standard InChI is InChI=1S/C15H22N2O5S2/c1-2-24(21,22)17-7-5-16(6-8-17)14(18)10-12(11-15(19)20)13-4-3-9-23-13/h3-4,9,12H,2,5-8,10-11H2,1H3,(H,19,20). The van der Waals surface area contributed by atoms with Crippen LogP contribution in [0.5, 0.6) is 0 Å². The number of rotatable bonds is 7. The quantitative estimate of drug-likeness (QED) is 0.773. The van der Waals surface area contributed by atoms with E-state index in [0.717, 1.165) is 4.88 Å². The van der Waals surface area contributed by atoms with Gasteiger partial charge in [0.1, 0.15) is 0 Å². The van der Waals surface area contributed by atoms with Crippen molar-refractivity contribution in [2.24, 2.45) is 0 Å². The fourth-order valence-electron chi connectivity index (χ4n) is 2.75. The molecule has 1 aromatic rings. The molecule has 1 saturated heterocycles. The minimum Gasteiger partial charge on any atom is -0.481 e. The molecule has 1 aliphatic heterocycles. The zero-order chi connectivity index (χ0) is 17.7. The first kappa shape index (κ1) is 18.9. The molecule has 1 aromatic heterocycles. The Balaban J connectivity index is 1.95. The number of sulfonamides is 1. The van der Waals surface area contributed by atoms with Gasteiger partial charge in [0.05, 0.1) is 12.2 Å². The van der Waals surface area contributed by atoms with Gasteiger partial charge >= 0.3 is 5.97 Å². The molecule has 0 bridgehead atoms. The summed E-state index contributed by atoms with van der Waals surface area (Å²) in [5.74, 6) is -1.34. The molecule has 1 unspecified atom stereocenters. The lowest BCUT2D eigenvalue weighted by atomic mass is 9.98. The number of nitrogens with zero attached hydrogens (tertiary/aromatic N) is 2. The molecule has 1 fully saturated rings.